The fourth-order valence-electron chi connectivity index (χ4n) is 4.33. The molecule has 3 rings (SSSR count). The van der Waals surface area contributed by atoms with Crippen LogP contribution >= 0.6 is 24.0 Å². The molecule has 2 atom stereocenters. The van der Waals surface area contributed by atoms with E-state index in [1.165, 1.54) is 57.4 Å². The quantitative estimate of drug-likeness (QED) is 0.328. The van der Waals surface area contributed by atoms with E-state index < -0.39 is 0 Å². The highest BCUT2D eigenvalue weighted by molar-refractivity contribution is 14.0. The number of hydrogen-bond acceptors (Lipinski definition) is 3. The molecule has 2 N–H and O–H groups in total. The van der Waals surface area contributed by atoms with Crippen LogP contribution in [-0.4, -0.2) is 68.1 Å². The van der Waals surface area contributed by atoms with Crippen LogP contribution in [0.15, 0.2) is 35.3 Å². The topological polar surface area (TPSA) is 42.9 Å². The second kappa shape index (κ2) is 12.6. The van der Waals surface area contributed by atoms with Gasteiger partial charge < -0.3 is 15.5 Å². The molecule has 0 spiro atoms. The van der Waals surface area contributed by atoms with Crippen molar-refractivity contribution in [2.75, 3.05) is 46.3 Å². The van der Waals surface area contributed by atoms with Gasteiger partial charge in [-0.3, -0.25) is 9.89 Å². The van der Waals surface area contributed by atoms with E-state index in [1.54, 1.807) is 0 Å². The van der Waals surface area contributed by atoms with E-state index in [9.17, 15) is 0 Å². The van der Waals surface area contributed by atoms with Gasteiger partial charge in [0.1, 0.15) is 0 Å². The van der Waals surface area contributed by atoms with Crippen LogP contribution in [-0.2, 0) is 6.54 Å². The minimum Gasteiger partial charge on any atom is -0.356 e. The van der Waals surface area contributed by atoms with Gasteiger partial charge in [0.05, 0.1) is 0 Å². The predicted molar refractivity (Wildman–Crippen MR) is 129 cm³/mol. The minimum absolute atomic E-state index is 0. The molecule has 1 aromatic rings. The van der Waals surface area contributed by atoms with Gasteiger partial charge >= 0.3 is 0 Å². The Labute approximate surface area is 188 Å². The summed E-state index contributed by atoms with van der Waals surface area (Å²) in [5.41, 5.74) is 1.41. The van der Waals surface area contributed by atoms with E-state index in [4.69, 9.17) is 0 Å². The van der Waals surface area contributed by atoms with Crippen LogP contribution in [0.2, 0.25) is 0 Å². The summed E-state index contributed by atoms with van der Waals surface area (Å²) in [6, 6.07) is 11.4. The fraction of sp³-hybridized carbons (Fsp3) is 0.682. The van der Waals surface area contributed by atoms with Crippen molar-refractivity contribution in [3.8, 4) is 0 Å². The zero-order chi connectivity index (χ0) is 18.9. The number of guanidine groups is 1. The zero-order valence-electron chi connectivity index (χ0n) is 17.6. The number of hydrogen-bond donors (Lipinski definition) is 2. The lowest BCUT2D eigenvalue weighted by atomic mass is 10.1. The summed E-state index contributed by atoms with van der Waals surface area (Å²) in [5, 5.41) is 7.09. The van der Waals surface area contributed by atoms with Crippen molar-refractivity contribution in [3.05, 3.63) is 35.9 Å². The minimum atomic E-state index is 0. The van der Waals surface area contributed by atoms with Crippen LogP contribution in [0.25, 0.3) is 0 Å². The first-order valence-corrected chi connectivity index (χ1v) is 10.7. The van der Waals surface area contributed by atoms with Gasteiger partial charge in [0, 0.05) is 39.3 Å². The van der Waals surface area contributed by atoms with Crippen LogP contribution in [0.3, 0.4) is 0 Å². The Balaban J connectivity index is 0.00000280. The summed E-state index contributed by atoms with van der Waals surface area (Å²) in [4.78, 5) is 9.61. The molecule has 158 valence electrons. The average molecular weight is 499 g/mol. The van der Waals surface area contributed by atoms with E-state index >= 15 is 0 Å². The van der Waals surface area contributed by atoms with Gasteiger partial charge in [0.2, 0.25) is 0 Å². The monoisotopic (exact) mass is 499 g/mol. The van der Waals surface area contributed by atoms with Crippen molar-refractivity contribution < 1.29 is 0 Å². The van der Waals surface area contributed by atoms with Crippen LogP contribution < -0.4 is 10.6 Å². The summed E-state index contributed by atoms with van der Waals surface area (Å²) < 4.78 is 0. The van der Waals surface area contributed by atoms with Crippen LogP contribution in [0.5, 0.6) is 0 Å². The highest BCUT2D eigenvalue weighted by Crippen LogP contribution is 2.19. The van der Waals surface area contributed by atoms with Crippen LogP contribution in [0.4, 0.5) is 0 Å². The number of nitrogens with one attached hydrogen (secondary N) is 2. The molecular formula is C22H38IN5. The maximum Gasteiger partial charge on any atom is 0.191 e. The molecule has 0 aliphatic carbocycles. The molecule has 2 heterocycles. The first-order chi connectivity index (χ1) is 13.2. The lowest BCUT2D eigenvalue weighted by molar-refractivity contribution is 0.245. The largest absolute Gasteiger partial charge is 0.356 e. The van der Waals surface area contributed by atoms with E-state index in [-0.39, 0.29) is 24.0 Å². The molecule has 0 saturated carbocycles. The number of halogens is 1. The first-order valence-electron chi connectivity index (χ1n) is 10.7. The molecule has 0 bridgehead atoms. The van der Waals surface area contributed by atoms with E-state index in [2.05, 4.69) is 62.7 Å². The van der Waals surface area contributed by atoms with Gasteiger partial charge in [0.25, 0.3) is 0 Å². The van der Waals surface area contributed by atoms with E-state index in [0.717, 1.165) is 25.6 Å². The standard InChI is InChI=1S/C22H37N5.HI/c1-19(17-26-12-6-7-13-26)15-24-22(23-2)25-16-21-11-8-14-27(21)18-20-9-4-3-5-10-20;/h3-5,9-10,19,21H,6-8,11-18H2,1-2H3,(H2,23,24,25);1H. The lowest BCUT2D eigenvalue weighted by Crippen LogP contribution is -2.46. The zero-order valence-corrected chi connectivity index (χ0v) is 19.9. The molecule has 2 fully saturated rings. The van der Waals surface area contributed by atoms with Crippen molar-refractivity contribution in [2.45, 2.75) is 45.2 Å². The predicted octanol–water partition coefficient (Wildman–Crippen LogP) is 3.17. The number of benzene rings is 1. The molecule has 1 aromatic carbocycles. The van der Waals surface area contributed by atoms with Gasteiger partial charge in [-0.1, -0.05) is 37.3 Å². The summed E-state index contributed by atoms with van der Waals surface area (Å²) in [5.74, 6) is 1.58. The molecule has 28 heavy (non-hydrogen) atoms. The Morgan fingerprint density at radius 1 is 1.11 bits per heavy atom. The Kier molecular flexibility index (Phi) is 10.6. The number of nitrogens with zero attached hydrogens (tertiary/aromatic N) is 3. The molecule has 5 nitrogen and oxygen atoms in total. The molecule has 0 radical (unpaired) electrons. The van der Waals surface area contributed by atoms with Crippen LogP contribution in [0.1, 0.15) is 38.2 Å². The molecule has 6 heteroatoms. The third kappa shape index (κ3) is 7.52. The Hall–Kier alpha value is -0.860. The van der Waals surface area contributed by atoms with Crippen LogP contribution in [0, 0.1) is 5.92 Å². The average Bonchev–Trinajstić information content (AvgIpc) is 3.35. The highest BCUT2D eigenvalue weighted by Gasteiger charge is 2.24. The Morgan fingerprint density at radius 2 is 1.86 bits per heavy atom. The van der Waals surface area contributed by atoms with Crippen molar-refractivity contribution in [3.63, 3.8) is 0 Å². The fourth-order valence-corrected chi connectivity index (χ4v) is 4.33. The molecule has 2 saturated heterocycles. The van der Waals surface area contributed by atoms with Crippen molar-refractivity contribution >= 4 is 29.9 Å². The normalized spacial score (nSPS) is 22.1. The molecule has 2 unspecified atom stereocenters. The highest BCUT2D eigenvalue weighted by atomic mass is 127. The second-order valence-corrected chi connectivity index (χ2v) is 8.20. The van der Waals surface area contributed by atoms with Crippen molar-refractivity contribution in [2.24, 2.45) is 10.9 Å². The third-order valence-corrected chi connectivity index (χ3v) is 5.84. The third-order valence-electron chi connectivity index (χ3n) is 5.84. The van der Waals surface area contributed by atoms with Gasteiger partial charge in [-0.2, -0.15) is 0 Å². The molecule has 0 amide bonds. The second-order valence-electron chi connectivity index (χ2n) is 8.20. The number of aliphatic imine (C=N–C) groups is 1. The number of likely N-dealkylation sites (tertiary alicyclic amines) is 2. The van der Waals surface area contributed by atoms with E-state index in [1.807, 2.05) is 7.05 Å². The van der Waals surface area contributed by atoms with Crippen molar-refractivity contribution in [1.82, 2.24) is 20.4 Å². The van der Waals surface area contributed by atoms with E-state index in [0.29, 0.717) is 12.0 Å². The Bertz CT molecular complexity index is 574. The Morgan fingerprint density at radius 3 is 2.57 bits per heavy atom. The maximum absolute atomic E-state index is 4.42. The van der Waals surface area contributed by atoms with Gasteiger partial charge in [0.15, 0.2) is 5.96 Å². The molecular weight excluding hydrogens is 461 g/mol. The summed E-state index contributed by atoms with van der Waals surface area (Å²) in [7, 11) is 1.87. The molecule has 0 aromatic heterocycles. The smallest absolute Gasteiger partial charge is 0.191 e. The summed E-state index contributed by atoms with van der Waals surface area (Å²) in [6.45, 7) is 10.3. The van der Waals surface area contributed by atoms with Gasteiger partial charge in [-0.05, 0) is 56.8 Å². The summed E-state index contributed by atoms with van der Waals surface area (Å²) in [6.07, 6.45) is 5.29. The molecule has 2 aliphatic rings. The van der Waals surface area contributed by atoms with Gasteiger partial charge in [-0.15, -0.1) is 24.0 Å². The van der Waals surface area contributed by atoms with Crippen molar-refractivity contribution in [1.29, 1.82) is 0 Å². The molecule has 2 aliphatic heterocycles. The SMILES string of the molecule is CN=C(NCC(C)CN1CCCC1)NCC1CCCN1Cc1ccccc1.I. The lowest BCUT2D eigenvalue weighted by Gasteiger charge is -2.26. The summed E-state index contributed by atoms with van der Waals surface area (Å²) >= 11 is 0. The maximum atomic E-state index is 4.42. The first kappa shape index (κ1) is 23.4. The van der Waals surface area contributed by atoms with Gasteiger partial charge in [-0.25, -0.2) is 0 Å². The number of rotatable bonds is 8.